The van der Waals surface area contributed by atoms with Gasteiger partial charge in [-0.05, 0) is 31.0 Å². The quantitative estimate of drug-likeness (QED) is 0.834. The number of piperidine rings is 1. The Bertz CT molecular complexity index is 529. The molecule has 3 nitrogen and oxygen atoms in total. The van der Waals surface area contributed by atoms with Gasteiger partial charge in [0.25, 0.3) is 0 Å². The lowest BCUT2D eigenvalue weighted by Gasteiger charge is -2.39. The summed E-state index contributed by atoms with van der Waals surface area (Å²) in [6.45, 7) is 6.01. The normalized spacial score (nSPS) is 24.2. The number of halogens is 3. The molecule has 0 N–H and O–H groups in total. The van der Waals surface area contributed by atoms with Gasteiger partial charge < -0.3 is 4.74 Å². The number of likely N-dealkylation sites (tertiary alicyclic amines) is 1. The molecule has 0 radical (unpaired) electrons. The molecule has 1 aromatic rings. The zero-order chi connectivity index (χ0) is 17.0. The standard InChI is InChI=1S/C18H25F3N2O/c19-18(20,21)16-5-3-4-15(12-16)13-23-7-2-1-6-17(23)14-22-8-10-24-11-9-22/h3-5,12,17H,1-2,6-11,13-14H2/t17-/m1/s1. The van der Waals surface area contributed by atoms with Crippen LogP contribution in [0.4, 0.5) is 13.2 Å². The van der Waals surface area contributed by atoms with Gasteiger partial charge >= 0.3 is 6.18 Å². The van der Waals surface area contributed by atoms with E-state index in [4.69, 9.17) is 4.74 Å². The van der Waals surface area contributed by atoms with Crippen molar-refractivity contribution in [1.29, 1.82) is 0 Å². The van der Waals surface area contributed by atoms with Crippen LogP contribution in [0.15, 0.2) is 24.3 Å². The van der Waals surface area contributed by atoms with Crippen molar-refractivity contribution in [2.75, 3.05) is 39.4 Å². The van der Waals surface area contributed by atoms with Crippen LogP contribution < -0.4 is 0 Å². The Morgan fingerprint density at radius 1 is 1.08 bits per heavy atom. The summed E-state index contributed by atoms with van der Waals surface area (Å²) in [6.07, 6.45) is -0.825. The molecule has 0 aromatic heterocycles. The molecule has 2 fully saturated rings. The minimum Gasteiger partial charge on any atom is -0.379 e. The lowest BCUT2D eigenvalue weighted by Crippen LogP contribution is -2.49. The number of ether oxygens (including phenoxy) is 1. The minimum atomic E-state index is -4.27. The molecule has 0 aliphatic carbocycles. The molecule has 1 aromatic carbocycles. The predicted octanol–water partition coefficient (Wildman–Crippen LogP) is 3.39. The predicted molar refractivity (Wildman–Crippen MR) is 86.8 cm³/mol. The zero-order valence-electron chi connectivity index (χ0n) is 13.9. The molecular weight excluding hydrogens is 317 g/mol. The molecule has 2 heterocycles. The van der Waals surface area contributed by atoms with Crippen LogP contribution in [0.25, 0.3) is 0 Å². The molecule has 0 bridgehead atoms. The SMILES string of the molecule is FC(F)(F)c1cccc(CN2CCCC[C@@H]2CN2CCOCC2)c1. The average Bonchev–Trinajstić information content (AvgIpc) is 2.57. The van der Waals surface area contributed by atoms with Crippen molar-refractivity contribution in [3.8, 4) is 0 Å². The van der Waals surface area contributed by atoms with Gasteiger partial charge in [0.05, 0.1) is 18.8 Å². The molecule has 0 unspecified atom stereocenters. The number of rotatable bonds is 4. The van der Waals surface area contributed by atoms with Crippen LogP contribution in [-0.2, 0) is 17.5 Å². The summed E-state index contributed by atoms with van der Waals surface area (Å²) in [5.41, 5.74) is 0.195. The van der Waals surface area contributed by atoms with Gasteiger partial charge in [0.1, 0.15) is 0 Å². The third kappa shape index (κ3) is 4.71. The van der Waals surface area contributed by atoms with E-state index in [1.54, 1.807) is 6.07 Å². The fourth-order valence-electron chi connectivity index (χ4n) is 3.64. The van der Waals surface area contributed by atoms with Crippen LogP contribution in [0.3, 0.4) is 0 Å². The summed E-state index contributed by atoms with van der Waals surface area (Å²) in [5.74, 6) is 0. The lowest BCUT2D eigenvalue weighted by atomic mass is 10.00. The van der Waals surface area contributed by atoms with Gasteiger partial charge in [0.2, 0.25) is 0 Å². The summed E-state index contributed by atoms with van der Waals surface area (Å²) in [6, 6.07) is 6.17. The van der Waals surface area contributed by atoms with E-state index in [0.717, 1.165) is 63.9 Å². The van der Waals surface area contributed by atoms with Gasteiger partial charge in [-0.1, -0.05) is 24.6 Å². The molecule has 2 saturated heterocycles. The maximum absolute atomic E-state index is 12.9. The molecule has 0 saturated carbocycles. The smallest absolute Gasteiger partial charge is 0.379 e. The van der Waals surface area contributed by atoms with Crippen molar-refractivity contribution in [3.63, 3.8) is 0 Å². The van der Waals surface area contributed by atoms with E-state index in [2.05, 4.69) is 9.80 Å². The molecule has 134 valence electrons. The first-order valence-corrected chi connectivity index (χ1v) is 8.73. The maximum atomic E-state index is 12.9. The summed E-state index contributed by atoms with van der Waals surface area (Å²) in [7, 11) is 0. The van der Waals surface area contributed by atoms with Gasteiger partial charge in [-0.15, -0.1) is 0 Å². The molecule has 6 heteroatoms. The number of benzene rings is 1. The van der Waals surface area contributed by atoms with Crippen molar-refractivity contribution in [2.45, 2.75) is 38.0 Å². The Labute approximate surface area is 141 Å². The Hall–Kier alpha value is -1.11. The highest BCUT2D eigenvalue weighted by Crippen LogP contribution is 2.30. The van der Waals surface area contributed by atoms with Gasteiger partial charge in [-0.25, -0.2) is 0 Å². The number of nitrogens with zero attached hydrogens (tertiary/aromatic N) is 2. The molecule has 3 rings (SSSR count). The molecular formula is C18H25F3N2O. The van der Waals surface area contributed by atoms with Crippen LogP contribution in [0, 0.1) is 0 Å². The molecule has 1 atom stereocenters. The average molecular weight is 342 g/mol. The summed E-state index contributed by atoms with van der Waals surface area (Å²) in [4.78, 5) is 4.77. The zero-order valence-corrected chi connectivity index (χ0v) is 13.9. The molecule has 24 heavy (non-hydrogen) atoms. The third-order valence-corrected chi connectivity index (χ3v) is 4.96. The summed E-state index contributed by atoms with van der Waals surface area (Å²) < 4.78 is 44.1. The van der Waals surface area contributed by atoms with Gasteiger partial charge in [-0.2, -0.15) is 13.2 Å². The Morgan fingerprint density at radius 2 is 1.88 bits per heavy atom. The monoisotopic (exact) mass is 342 g/mol. The van der Waals surface area contributed by atoms with Crippen LogP contribution in [0.2, 0.25) is 0 Å². The lowest BCUT2D eigenvalue weighted by molar-refractivity contribution is -0.137. The van der Waals surface area contributed by atoms with Crippen LogP contribution in [0.1, 0.15) is 30.4 Å². The highest BCUT2D eigenvalue weighted by atomic mass is 19.4. The second-order valence-corrected chi connectivity index (χ2v) is 6.73. The fourth-order valence-corrected chi connectivity index (χ4v) is 3.64. The first-order valence-electron chi connectivity index (χ1n) is 8.73. The number of hydrogen-bond donors (Lipinski definition) is 0. The van der Waals surface area contributed by atoms with Crippen molar-refractivity contribution in [3.05, 3.63) is 35.4 Å². The molecule has 0 spiro atoms. The Balaban J connectivity index is 1.65. The van der Waals surface area contributed by atoms with Crippen molar-refractivity contribution in [1.82, 2.24) is 9.80 Å². The van der Waals surface area contributed by atoms with Crippen LogP contribution in [0.5, 0.6) is 0 Å². The van der Waals surface area contributed by atoms with E-state index < -0.39 is 11.7 Å². The minimum absolute atomic E-state index is 0.423. The van der Waals surface area contributed by atoms with Crippen molar-refractivity contribution < 1.29 is 17.9 Å². The second kappa shape index (κ2) is 7.85. The van der Waals surface area contributed by atoms with E-state index in [-0.39, 0.29) is 0 Å². The number of morpholine rings is 1. The molecule has 2 aliphatic rings. The van der Waals surface area contributed by atoms with E-state index in [1.165, 1.54) is 18.6 Å². The fraction of sp³-hybridized carbons (Fsp3) is 0.667. The maximum Gasteiger partial charge on any atom is 0.416 e. The van der Waals surface area contributed by atoms with Gasteiger partial charge in [-0.3, -0.25) is 9.80 Å². The first-order chi connectivity index (χ1) is 11.5. The summed E-state index contributed by atoms with van der Waals surface area (Å²) >= 11 is 0. The molecule has 0 amide bonds. The Kier molecular flexibility index (Phi) is 5.79. The van der Waals surface area contributed by atoms with Crippen LogP contribution in [-0.4, -0.2) is 55.2 Å². The van der Waals surface area contributed by atoms with E-state index in [1.807, 2.05) is 0 Å². The van der Waals surface area contributed by atoms with Crippen LogP contribution >= 0.6 is 0 Å². The second-order valence-electron chi connectivity index (χ2n) is 6.73. The largest absolute Gasteiger partial charge is 0.416 e. The van der Waals surface area contributed by atoms with Gasteiger partial charge in [0.15, 0.2) is 0 Å². The van der Waals surface area contributed by atoms with E-state index >= 15 is 0 Å². The molecule has 2 aliphatic heterocycles. The highest BCUT2D eigenvalue weighted by molar-refractivity contribution is 5.25. The first kappa shape index (κ1) is 17.7. The number of hydrogen-bond acceptors (Lipinski definition) is 3. The Morgan fingerprint density at radius 3 is 2.62 bits per heavy atom. The van der Waals surface area contributed by atoms with Gasteiger partial charge in [0, 0.05) is 32.2 Å². The van der Waals surface area contributed by atoms with E-state index in [0.29, 0.717) is 12.6 Å². The number of alkyl halides is 3. The topological polar surface area (TPSA) is 15.7 Å². The highest BCUT2D eigenvalue weighted by Gasteiger charge is 2.31. The third-order valence-electron chi connectivity index (χ3n) is 4.96. The summed E-state index contributed by atoms with van der Waals surface area (Å²) in [5, 5.41) is 0. The van der Waals surface area contributed by atoms with E-state index in [9.17, 15) is 13.2 Å². The van der Waals surface area contributed by atoms with Crippen molar-refractivity contribution >= 4 is 0 Å². The van der Waals surface area contributed by atoms with Crippen molar-refractivity contribution in [2.24, 2.45) is 0 Å².